The number of carbonyl (C=O) groups excluding carboxylic acids is 1. The Morgan fingerprint density at radius 3 is 2.44 bits per heavy atom. The lowest BCUT2D eigenvalue weighted by molar-refractivity contribution is 0.102. The summed E-state index contributed by atoms with van der Waals surface area (Å²) in [7, 11) is 0. The zero-order valence-electron chi connectivity index (χ0n) is 13.5. The molecule has 0 atom stereocenters. The normalized spacial score (nSPS) is 10.1. The number of H-pyrrole nitrogens is 1. The number of amides is 1. The number of nitrogens with zero attached hydrogens (tertiary/aromatic N) is 1. The number of carbonyl (C=O) groups is 1. The molecule has 0 aliphatic heterocycles. The van der Waals surface area contributed by atoms with Crippen molar-refractivity contribution in [2.45, 2.75) is 6.92 Å². The lowest BCUT2D eigenvalue weighted by atomic mass is 10.1. The number of nitriles is 1. The molecule has 25 heavy (non-hydrogen) atoms. The first-order valence-corrected chi connectivity index (χ1v) is 7.69. The summed E-state index contributed by atoms with van der Waals surface area (Å²) in [4.78, 5) is 27.4. The van der Waals surface area contributed by atoms with Crippen molar-refractivity contribution in [1.82, 2.24) is 4.98 Å². The molecule has 0 spiro atoms. The minimum absolute atomic E-state index is 0.0106. The highest BCUT2D eigenvalue weighted by molar-refractivity contribution is 6.04. The number of aryl methyl sites for hydroxylation is 1. The molecular weight excluding hydrogens is 314 g/mol. The van der Waals surface area contributed by atoms with Crippen LogP contribution in [0.5, 0.6) is 0 Å². The molecule has 0 aliphatic carbocycles. The van der Waals surface area contributed by atoms with Crippen LogP contribution in [0.2, 0.25) is 0 Å². The highest BCUT2D eigenvalue weighted by Crippen LogP contribution is 2.17. The van der Waals surface area contributed by atoms with E-state index in [0.717, 1.165) is 11.1 Å². The summed E-state index contributed by atoms with van der Waals surface area (Å²) in [6.07, 6.45) is 0. The Morgan fingerprint density at radius 1 is 1.04 bits per heavy atom. The SMILES string of the molecule is Cc1ccc(-c2ccc(C(=O)Nc3ccccc3C#N)c(=O)[nH]2)cc1. The summed E-state index contributed by atoms with van der Waals surface area (Å²) in [6.45, 7) is 1.99. The molecule has 1 aromatic heterocycles. The Bertz CT molecular complexity index is 1030. The average Bonchev–Trinajstić information content (AvgIpc) is 2.62. The van der Waals surface area contributed by atoms with Crippen LogP contribution in [0.1, 0.15) is 21.5 Å². The van der Waals surface area contributed by atoms with Crippen LogP contribution in [-0.4, -0.2) is 10.9 Å². The maximum absolute atomic E-state index is 12.4. The van der Waals surface area contributed by atoms with Gasteiger partial charge in [-0.1, -0.05) is 42.0 Å². The van der Waals surface area contributed by atoms with Crippen molar-refractivity contribution in [1.29, 1.82) is 5.26 Å². The average molecular weight is 329 g/mol. The summed E-state index contributed by atoms with van der Waals surface area (Å²) in [5.74, 6) is -0.556. The second kappa shape index (κ2) is 6.85. The monoisotopic (exact) mass is 329 g/mol. The van der Waals surface area contributed by atoms with Crippen molar-refractivity contribution >= 4 is 11.6 Å². The van der Waals surface area contributed by atoms with E-state index in [9.17, 15) is 9.59 Å². The molecule has 0 bridgehead atoms. The standard InChI is InChI=1S/C20H15N3O2/c1-13-6-8-14(9-7-13)18-11-10-16(20(25)23-18)19(24)22-17-5-3-2-4-15(17)12-21/h2-11H,1H3,(H,22,24)(H,23,25). The van der Waals surface area contributed by atoms with Crippen LogP contribution >= 0.6 is 0 Å². The third-order valence-corrected chi connectivity index (χ3v) is 3.81. The first kappa shape index (κ1) is 16.2. The highest BCUT2D eigenvalue weighted by Gasteiger charge is 2.13. The fraction of sp³-hybridized carbons (Fsp3) is 0.0500. The van der Waals surface area contributed by atoms with Crippen LogP contribution in [-0.2, 0) is 0 Å². The first-order valence-electron chi connectivity index (χ1n) is 7.69. The summed E-state index contributed by atoms with van der Waals surface area (Å²) in [5.41, 5.74) is 2.84. The number of para-hydroxylation sites is 1. The van der Waals surface area contributed by atoms with Gasteiger partial charge in [-0.15, -0.1) is 0 Å². The number of hydrogen-bond donors (Lipinski definition) is 2. The van der Waals surface area contributed by atoms with Crippen molar-refractivity contribution in [3.63, 3.8) is 0 Å². The predicted octanol–water partition coefficient (Wildman–Crippen LogP) is 3.47. The fourth-order valence-corrected chi connectivity index (χ4v) is 2.43. The highest BCUT2D eigenvalue weighted by atomic mass is 16.2. The predicted molar refractivity (Wildman–Crippen MR) is 96.3 cm³/mol. The number of rotatable bonds is 3. The molecule has 1 heterocycles. The molecule has 0 radical (unpaired) electrons. The maximum Gasteiger partial charge on any atom is 0.261 e. The van der Waals surface area contributed by atoms with Gasteiger partial charge in [0.25, 0.3) is 11.5 Å². The van der Waals surface area contributed by atoms with Gasteiger partial charge in [0.1, 0.15) is 11.6 Å². The van der Waals surface area contributed by atoms with E-state index in [0.29, 0.717) is 16.9 Å². The zero-order chi connectivity index (χ0) is 17.8. The van der Waals surface area contributed by atoms with Crippen molar-refractivity contribution in [2.75, 3.05) is 5.32 Å². The number of anilines is 1. The Hall–Kier alpha value is -3.65. The molecule has 2 aromatic carbocycles. The van der Waals surface area contributed by atoms with Gasteiger partial charge in [-0.25, -0.2) is 0 Å². The maximum atomic E-state index is 12.4. The molecular formula is C20H15N3O2. The van der Waals surface area contributed by atoms with Crippen molar-refractivity contribution in [3.05, 3.63) is 87.7 Å². The molecule has 0 saturated carbocycles. The van der Waals surface area contributed by atoms with E-state index < -0.39 is 11.5 Å². The Kier molecular flexibility index (Phi) is 4.44. The number of aromatic amines is 1. The topological polar surface area (TPSA) is 85.8 Å². The molecule has 5 nitrogen and oxygen atoms in total. The molecule has 0 saturated heterocycles. The van der Waals surface area contributed by atoms with E-state index >= 15 is 0 Å². The van der Waals surface area contributed by atoms with E-state index in [-0.39, 0.29) is 5.56 Å². The van der Waals surface area contributed by atoms with Crippen LogP contribution in [0.3, 0.4) is 0 Å². The Morgan fingerprint density at radius 2 is 1.76 bits per heavy atom. The Balaban J connectivity index is 1.88. The van der Waals surface area contributed by atoms with Gasteiger partial charge in [-0.05, 0) is 36.8 Å². The minimum atomic E-state index is -0.556. The fourth-order valence-electron chi connectivity index (χ4n) is 2.43. The number of benzene rings is 2. The third-order valence-electron chi connectivity index (χ3n) is 3.81. The van der Waals surface area contributed by atoms with Crippen molar-refractivity contribution in [2.24, 2.45) is 0 Å². The van der Waals surface area contributed by atoms with Crippen LogP contribution < -0.4 is 10.9 Å². The van der Waals surface area contributed by atoms with Crippen LogP contribution in [0.25, 0.3) is 11.3 Å². The number of aromatic nitrogens is 1. The van der Waals surface area contributed by atoms with E-state index in [4.69, 9.17) is 5.26 Å². The van der Waals surface area contributed by atoms with E-state index in [1.807, 2.05) is 37.3 Å². The molecule has 3 aromatic rings. The van der Waals surface area contributed by atoms with Gasteiger partial charge in [-0.2, -0.15) is 5.26 Å². The zero-order valence-corrected chi connectivity index (χ0v) is 13.5. The number of hydrogen-bond acceptors (Lipinski definition) is 3. The van der Waals surface area contributed by atoms with Crippen molar-refractivity contribution in [3.8, 4) is 17.3 Å². The minimum Gasteiger partial charge on any atom is -0.321 e. The second-order valence-corrected chi connectivity index (χ2v) is 5.59. The van der Waals surface area contributed by atoms with Gasteiger partial charge in [0, 0.05) is 5.69 Å². The third kappa shape index (κ3) is 3.48. The summed E-state index contributed by atoms with van der Waals surface area (Å²) in [6, 6.07) is 19.5. The van der Waals surface area contributed by atoms with Crippen LogP contribution in [0.15, 0.2) is 65.5 Å². The molecule has 0 fully saturated rings. The largest absolute Gasteiger partial charge is 0.321 e. The van der Waals surface area contributed by atoms with E-state index in [1.54, 1.807) is 30.3 Å². The summed E-state index contributed by atoms with van der Waals surface area (Å²) < 4.78 is 0. The number of pyridine rings is 1. The quantitative estimate of drug-likeness (QED) is 0.771. The van der Waals surface area contributed by atoms with Gasteiger partial charge < -0.3 is 10.3 Å². The lowest BCUT2D eigenvalue weighted by Crippen LogP contribution is -2.23. The van der Waals surface area contributed by atoms with Crippen molar-refractivity contribution < 1.29 is 4.79 Å². The molecule has 5 heteroatoms. The van der Waals surface area contributed by atoms with Gasteiger partial charge >= 0.3 is 0 Å². The molecule has 3 rings (SSSR count). The van der Waals surface area contributed by atoms with E-state index in [1.165, 1.54) is 6.07 Å². The summed E-state index contributed by atoms with van der Waals surface area (Å²) >= 11 is 0. The molecule has 2 N–H and O–H groups in total. The number of nitrogens with one attached hydrogen (secondary N) is 2. The lowest BCUT2D eigenvalue weighted by Gasteiger charge is -2.07. The molecule has 0 aliphatic rings. The van der Waals surface area contributed by atoms with Gasteiger partial charge in [-0.3, -0.25) is 9.59 Å². The van der Waals surface area contributed by atoms with Crippen LogP contribution in [0, 0.1) is 18.3 Å². The van der Waals surface area contributed by atoms with Gasteiger partial charge in [0.2, 0.25) is 0 Å². The molecule has 0 unspecified atom stereocenters. The van der Waals surface area contributed by atoms with E-state index in [2.05, 4.69) is 10.3 Å². The smallest absolute Gasteiger partial charge is 0.261 e. The first-order chi connectivity index (χ1) is 12.1. The molecule has 1 amide bonds. The second-order valence-electron chi connectivity index (χ2n) is 5.59. The molecule has 122 valence electrons. The van der Waals surface area contributed by atoms with Crippen LogP contribution in [0.4, 0.5) is 5.69 Å². The van der Waals surface area contributed by atoms with Gasteiger partial charge in [0.05, 0.1) is 11.3 Å². The Labute approximate surface area is 144 Å². The van der Waals surface area contributed by atoms with Gasteiger partial charge in [0.15, 0.2) is 0 Å². The summed E-state index contributed by atoms with van der Waals surface area (Å²) in [5, 5.41) is 11.7.